The number of aryl methyl sites for hydroxylation is 1. The van der Waals surface area contributed by atoms with Crippen molar-refractivity contribution in [1.82, 2.24) is 20.2 Å². The zero-order valence-electron chi connectivity index (χ0n) is 27.2. The number of amides is 2. The van der Waals surface area contributed by atoms with Crippen LogP contribution in [0.2, 0.25) is 5.02 Å². The molecule has 0 unspecified atom stereocenters. The van der Waals surface area contributed by atoms with E-state index in [1.54, 1.807) is 25.1 Å². The first-order chi connectivity index (χ1) is 23.6. The maximum atomic E-state index is 14.7. The molecule has 0 radical (unpaired) electrons. The van der Waals surface area contributed by atoms with Gasteiger partial charge in [-0.05, 0) is 61.6 Å². The molecule has 49 heavy (non-hydrogen) atoms. The number of thiol groups is 1. The summed E-state index contributed by atoms with van der Waals surface area (Å²) in [7, 11) is 0. The number of nitrogens with one attached hydrogen (secondary N) is 2. The third kappa shape index (κ3) is 7.52. The highest BCUT2D eigenvalue weighted by atomic mass is 35.5. The van der Waals surface area contributed by atoms with E-state index in [-0.39, 0.29) is 18.3 Å². The lowest BCUT2D eigenvalue weighted by atomic mass is 9.99. The number of carbonyl (C=O) groups is 2. The number of hydrogen-bond donors (Lipinski definition) is 4. The number of benzene rings is 2. The minimum Gasteiger partial charge on any atom is -0.393 e. The topological polar surface area (TPSA) is 120 Å². The Morgan fingerprint density at radius 2 is 2.00 bits per heavy atom. The summed E-state index contributed by atoms with van der Waals surface area (Å²) < 4.78 is 20.1. The predicted molar refractivity (Wildman–Crippen MR) is 191 cm³/mol. The smallest absolute Gasteiger partial charge is 0.251 e. The number of anilines is 3. The number of nitrogens with zero attached hydrogens (tertiary/aromatic N) is 4. The first kappa shape index (κ1) is 34.6. The van der Waals surface area contributed by atoms with E-state index in [0.29, 0.717) is 78.3 Å². The molecule has 13 heteroatoms. The van der Waals surface area contributed by atoms with E-state index in [1.165, 1.54) is 17.2 Å². The van der Waals surface area contributed by atoms with Crippen LogP contribution in [0.5, 0.6) is 0 Å². The van der Waals surface area contributed by atoms with Gasteiger partial charge < -0.3 is 30.3 Å². The molecule has 3 N–H and O–H groups in total. The van der Waals surface area contributed by atoms with E-state index in [9.17, 15) is 19.1 Å². The number of rotatable bonds is 9. The molecule has 1 fully saturated rings. The van der Waals surface area contributed by atoms with Crippen LogP contribution in [0.15, 0.2) is 78.0 Å². The number of aliphatic hydroxyl groups excluding tert-OH is 1. The van der Waals surface area contributed by atoms with E-state index >= 15 is 0 Å². The summed E-state index contributed by atoms with van der Waals surface area (Å²) in [6.07, 6.45) is 8.23. The molecule has 0 bridgehead atoms. The lowest BCUT2D eigenvalue weighted by Crippen LogP contribution is -2.53. The lowest BCUT2D eigenvalue weighted by molar-refractivity contribution is -0.136. The molecule has 2 amide bonds. The van der Waals surface area contributed by atoms with Gasteiger partial charge in [0.25, 0.3) is 5.91 Å². The van der Waals surface area contributed by atoms with Crippen LogP contribution >= 0.6 is 24.2 Å². The number of halogens is 2. The number of ether oxygens (including phenoxy) is 1. The van der Waals surface area contributed by atoms with Crippen LogP contribution in [0.3, 0.4) is 0 Å². The summed E-state index contributed by atoms with van der Waals surface area (Å²) in [5, 5.41) is 16.5. The highest BCUT2D eigenvalue weighted by Gasteiger charge is 2.38. The van der Waals surface area contributed by atoms with Crippen LogP contribution in [-0.4, -0.2) is 77.3 Å². The number of carbonyl (C=O) groups excluding carboxylic acids is 2. The van der Waals surface area contributed by atoms with Crippen molar-refractivity contribution < 1.29 is 23.8 Å². The summed E-state index contributed by atoms with van der Waals surface area (Å²) >= 11 is 11.2. The summed E-state index contributed by atoms with van der Waals surface area (Å²) in [4.78, 5) is 38.2. The van der Waals surface area contributed by atoms with Crippen molar-refractivity contribution in [3.63, 3.8) is 0 Å². The van der Waals surface area contributed by atoms with Crippen LogP contribution in [-0.2, 0) is 19.2 Å². The molecule has 3 aromatic rings. The highest BCUT2D eigenvalue weighted by Crippen LogP contribution is 2.33. The minimum absolute atomic E-state index is 0.203. The number of aliphatic hydroxyl groups is 1. The van der Waals surface area contributed by atoms with E-state index in [0.717, 1.165) is 16.7 Å². The first-order valence-corrected chi connectivity index (χ1v) is 16.9. The standard InChI is InChI=1S/C36H38ClFN6O4S/c1-22-5-3-7-26(17-22)36(49,21-45)42-33(46)23(2)44-20-25-10-9-24(6-4-8-28(25)34(44)47)32-29(37)19-39-35(41-32)40-27-11-12-30(38)31(18-27)43-13-15-48-16-14-43/h3,5-7,9-12,17-19,23,45,49H,4,8,13-16,20-21H2,1-2H3,(H,42,46)(H,39,40,41)/t23-,36-/m1/s1. The fourth-order valence-corrected chi connectivity index (χ4v) is 6.60. The molecular weight excluding hydrogens is 667 g/mol. The summed E-state index contributed by atoms with van der Waals surface area (Å²) in [5.74, 6) is -0.648. The molecule has 0 saturated carbocycles. The normalized spacial score (nSPS) is 18.3. The fraction of sp³-hybridized carbons (Fsp3) is 0.333. The third-order valence-corrected chi connectivity index (χ3v) is 9.73. The molecule has 0 spiro atoms. The van der Waals surface area contributed by atoms with Crippen LogP contribution < -0.4 is 15.5 Å². The van der Waals surface area contributed by atoms with Crippen molar-refractivity contribution in [3.05, 3.63) is 106 Å². The Morgan fingerprint density at radius 1 is 1.20 bits per heavy atom. The Morgan fingerprint density at radius 3 is 2.76 bits per heavy atom. The van der Waals surface area contributed by atoms with Crippen molar-refractivity contribution >= 4 is 58.9 Å². The van der Waals surface area contributed by atoms with Crippen LogP contribution in [0.4, 0.5) is 21.7 Å². The molecule has 3 heterocycles. The van der Waals surface area contributed by atoms with Crippen molar-refractivity contribution in [1.29, 1.82) is 0 Å². The molecule has 10 nitrogen and oxygen atoms in total. The van der Waals surface area contributed by atoms with Gasteiger partial charge in [-0.1, -0.05) is 59.7 Å². The van der Waals surface area contributed by atoms with E-state index in [2.05, 4.69) is 28.2 Å². The predicted octanol–water partition coefficient (Wildman–Crippen LogP) is 5.31. The average Bonchev–Trinajstić information content (AvgIpc) is 3.40. The van der Waals surface area contributed by atoms with Gasteiger partial charge in [-0.15, -0.1) is 12.6 Å². The van der Waals surface area contributed by atoms with Gasteiger partial charge >= 0.3 is 0 Å². The average molecular weight is 705 g/mol. The van der Waals surface area contributed by atoms with Crippen LogP contribution in [0.1, 0.15) is 36.6 Å². The summed E-state index contributed by atoms with van der Waals surface area (Å²) in [5.41, 5.74) is 5.44. The molecule has 1 saturated heterocycles. The molecule has 1 aliphatic carbocycles. The second-order valence-corrected chi connectivity index (χ2v) is 13.5. The minimum atomic E-state index is -1.31. The first-order valence-electron chi connectivity index (χ1n) is 16.1. The Bertz CT molecular complexity index is 1860. The van der Waals surface area contributed by atoms with Gasteiger partial charge in [0.05, 0.1) is 42.4 Å². The molecular formula is C36H38ClFN6O4S. The zero-order chi connectivity index (χ0) is 34.7. The van der Waals surface area contributed by atoms with Crippen molar-refractivity contribution in [2.75, 3.05) is 49.7 Å². The van der Waals surface area contributed by atoms with E-state index in [4.69, 9.17) is 21.3 Å². The van der Waals surface area contributed by atoms with Gasteiger partial charge in [0.15, 0.2) is 0 Å². The van der Waals surface area contributed by atoms with Crippen molar-refractivity contribution in [3.8, 4) is 0 Å². The number of morpholine rings is 1. The Hall–Kier alpha value is -4.23. The lowest BCUT2D eigenvalue weighted by Gasteiger charge is -2.32. The molecule has 256 valence electrons. The second-order valence-electron chi connectivity index (χ2n) is 12.3. The van der Waals surface area contributed by atoms with Gasteiger partial charge in [0.2, 0.25) is 11.9 Å². The Kier molecular flexibility index (Phi) is 10.4. The van der Waals surface area contributed by atoms with E-state index in [1.807, 2.05) is 48.3 Å². The highest BCUT2D eigenvalue weighted by molar-refractivity contribution is 7.81. The van der Waals surface area contributed by atoms with Gasteiger partial charge in [-0.2, -0.15) is 0 Å². The molecule has 2 aliphatic heterocycles. The zero-order valence-corrected chi connectivity index (χ0v) is 28.9. The largest absolute Gasteiger partial charge is 0.393 e. The van der Waals surface area contributed by atoms with Crippen molar-refractivity contribution in [2.45, 2.75) is 37.6 Å². The van der Waals surface area contributed by atoms with E-state index < -0.39 is 23.4 Å². The molecule has 3 aliphatic rings. The molecule has 2 atom stereocenters. The number of allylic oxidation sites excluding steroid dienone is 3. The van der Waals surface area contributed by atoms with Crippen molar-refractivity contribution in [2.24, 2.45) is 0 Å². The monoisotopic (exact) mass is 704 g/mol. The summed E-state index contributed by atoms with van der Waals surface area (Å²) in [6.45, 7) is 5.69. The fourth-order valence-electron chi connectivity index (χ4n) is 6.15. The number of hydrogen-bond acceptors (Lipinski definition) is 9. The third-order valence-electron chi connectivity index (χ3n) is 8.94. The Labute approximate surface area is 295 Å². The quantitative estimate of drug-likeness (QED) is 0.175. The van der Waals surface area contributed by atoms with Crippen LogP contribution in [0.25, 0.3) is 5.57 Å². The maximum Gasteiger partial charge on any atom is 0.251 e. The van der Waals surface area contributed by atoms with Gasteiger partial charge in [0.1, 0.15) is 16.7 Å². The summed E-state index contributed by atoms with van der Waals surface area (Å²) in [6, 6.07) is 11.4. The second kappa shape index (κ2) is 14.7. The Balaban J connectivity index is 1.16. The van der Waals surface area contributed by atoms with Crippen LogP contribution in [0, 0.1) is 12.7 Å². The molecule has 2 aromatic carbocycles. The SMILES string of the molecule is Cc1cccc([C@](S)(CO)NC(=O)[C@@H](C)N2CC3=C(CCC=C(c4nc(Nc5ccc(F)c(N6CCOCC6)c5)ncc4Cl)C=C3)C2=O)c1. The van der Waals surface area contributed by atoms with Gasteiger partial charge in [-0.3, -0.25) is 9.59 Å². The molecule has 1 aromatic heterocycles. The number of aromatic nitrogens is 2. The molecule has 6 rings (SSSR count). The van der Waals surface area contributed by atoms with Gasteiger partial charge in [0, 0.05) is 30.9 Å². The maximum absolute atomic E-state index is 14.7. The van der Waals surface area contributed by atoms with Gasteiger partial charge in [-0.25, -0.2) is 14.4 Å².